The molecule has 0 unspecified atom stereocenters. The summed E-state index contributed by atoms with van der Waals surface area (Å²) in [6, 6.07) is 18.4. The Balaban J connectivity index is 1.76. The first-order chi connectivity index (χ1) is 14.8. The summed E-state index contributed by atoms with van der Waals surface area (Å²) in [6.45, 7) is 1.19. The molecule has 2 N–H and O–H groups in total. The fourth-order valence-corrected chi connectivity index (χ4v) is 4.24. The molecule has 162 valence electrons. The molecule has 0 aliphatic carbocycles. The van der Waals surface area contributed by atoms with Gasteiger partial charge in [0.05, 0.1) is 24.2 Å². The minimum Gasteiger partial charge on any atom is -0.468 e. The van der Waals surface area contributed by atoms with Crippen LogP contribution in [0.25, 0.3) is 0 Å². The highest BCUT2D eigenvalue weighted by Crippen LogP contribution is 2.20. The van der Waals surface area contributed by atoms with Crippen LogP contribution in [0, 0.1) is 0 Å². The summed E-state index contributed by atoms with van der Waals surface area (Å²) in [5.74, 6) is -0.284. The maximum Gasteiger partial charge on any atom is 0.243 e. The lowest BCUT2D eigenvalue weighted by molar-refractivity contribution is -0.121. The van der Waals surface area contributed by atoms with Crippen LogP contribution < -0.4 is 10.6 Å². The third-order valence-electron chi connectivity index (χ3n) is 4.38. The average molecular weight is 442 g/mol. The van der Waals surface area contributed by atoms with Crippen molar-refractivity contribution in [3.63, 3.8) is 0 Å². The molecule has 2 amide bonds. The molecule has 0 fully saturated rings. The number of rotatable bonds is 9. The Kier molecular flexibility index (Phi) is 7.22. The maximum absolute atomic E-state index is 13.2. The van der Waals surface area contributed by atoms with Gasteiger partial charge in [-0.25, -0.2) is 8.42 Å². The van der Waals surface area contributed by atoms with Gasteiger partial charge in [-0.2, -0.15) is 4.31 Å². The van der Waals surface area contributed by atoms with Gasteiger partial charge in [-0.15, -0.1) is 0 Å². The van der Waals surface area contributed by atoms with Gasteiger partial charge in [0.1, 0.15) is 5.76 Å². The minimum absolute atomic E-state index is 0.00372. The number of anilines is 1. The smallest absolute Gasteiger partial charge is 0.243 e. The first kappa shape index (κ1) is 22.3. The monoisotopic (exact) mass is 441 g/mol. The molecule has 31 heavy (non-hydrogen) atoms. The van der Waals surface area contributed by atoms with Crippen LogP contribution in [0.1, 0.15) is 18.2 Å². The van der Waals surface area contributed by atoms with E-state index in [-0.39, 0.29) is 23.9 Å². The van der Waals surface area contributed by atoms with Gasteiger partial charge in [0, 0.05) is 19.2 Å². The van der Waals surface area contributed by atoms with Crippen molar-refractivity contribution >= 4 is 27.5 Å². The second kappa shape index (κ2) is 10.1. The van der Waals surface area contributed by atoms with E-state index in [1.807, 2.05) is 30.3 Å². The van der Waals surface area contributed by atoms with Crippen molar-refractivity contribution < 1.29 is 22.4 Å². The molecule has 0 aliphatic heterocycles. The zero-order chi connectivity index (χ0) is 22.3. The molecule has 0 spiro atoms. The number of carbonyl (C=O) groups is 2. The molecule has 0 saturated carbocycles. The van der Waals surface area contributed by atoms with E-state index >= 15 is 0 Å². The predicted octanol–water partition coefficient (Wildman–Crippen LogP) is 2.75. The van der Waals surface area contributed by atoms with Crippen molar-refractivity contribution in [3.8, 4) is 0 Å². The van der Waals surface area contributed by atoms with Crippen molar-refractivity contribution in [2.75, 3.05) is 11.9 Å². The van der Waals surface area contributed by atoms with Crippen LogP contribution in [0.3, 0.4) is 0 Å². The van der Waals surface area contributed by atoms with E-state index in [1.165, 1.54) is 37.5 Å². The number of hydrogen-bond donors (Lipinski definition) is 2. The summed E-state index contributed by atoms with van der Waals surface area (Å²) < 4.78 is 32.8. The number of nitrogens with zero attached hydrogens (tertiary/aromatic N) is 1. The van der Waals surface area contributed by atoms with Crippen LogP contribution in [-0.4, -0.2) is 31.1 Å². The Hall–Kier alpha value is -3.43. The van der Waals surface area contributed by atoms with E-state index in [0.29, 0.717) is 18.0 Å². The molecule has 0 bridgehead atoms. The molecule has 9 heteroatoms. The number of furan rings is 1. The zero-order valence-corrected chi connectivity index (χ0v) is 17.8. The van der Waals surface area contributed by atoms with E-state index in [4.69, 9.17) is 4.42 Å². The molecule has 3 aromatic rings. The molecule has 1 aromatic heterocycles. The van der Waals surface area contributed by atoms with Crippen LogP contribution in [0.15, 0.2) is 82.3 Å². The number of carbonyl (C=O) groups excluding carboxylic acids is 2. The molecular formula is C22H23N3O5S. The Bertz CT molecular complexity index is 1110. The highest BCUT2D eigenvalue weighted by molar-refractivity contribution is 7.89. The SMILES string of the molecule is CC(=O)Nc1ccc(S(=O)(=O)N(CC(=O)NCc2ccccc2)Cc2ccco2)cc1. The minimum atomic E-state index is -4.00. The molecule has 0 aliphatic rings. The lowest BCUT2D eigenvalue weighted by atomic mass is 10.2. The molecule has 3 rings (SSSR count). The second-order valence-corrected chi connectivity index (χ2v) is 8.76. The van der Waals surface area contributed by atoms with Crippen molar-refractivity contribution in [2.24, 2.45) is 0 Å². The summed E-state index contributed by atoms with van der Waals surface area (Å²) in [5.41, 5.74) is 1.38. The van der Waals surface area contributed by atoms with Crippen LogP contribution >= 0.6 is 0 Å². The normalized spacial score (nSPS) is 11.3. The lowest BCUT2D eigenvalue weighted by Crippen LogP contribution is -2.40. The van der Waals surface area contributed by atoms with Gasteiger partial charge in [0.25, 0.3) is 0 Å². The van der Waals surface area contributed by atoms with Crippen LogP contribution in [0.2, 0.25) is 0 Å². The van der Waals surface area contributed by atoms with Crippen molar-refractivity contribution in [3.05, 3.63) is 84.3 Å². The predicted molar refractivity (Wildman–Crippen MR) is 115 cm³/mol. The van der Waals surface area contributed by atoms with Crippen LogP contribution in [0.4, 0.5) is 5.69 Å². The zero-order valence-electron chi connectivity index (χ0n) is 16.9. The van der Waals surface area contributed by atoms with E-state index in [9.17, 15) is 18.0 Å². The van der Waals surface area contributed by atoms with Crippen LogP contribution in [-0.2, 0) is 32.7 Å². The van der Waals surface area contributed by atoms with Gasteiger partial charge < -0.3 is 15.1 Å². The van der Waals surface area contributed by atoms with Gasteiger partial charge in [-0.3, -0.25) is 9.59 Å². The summed E-state index contributed by atoms with van der Waals surface area (Å²) in [4.78, 5) is 23.7. The largest absolute Gasteiger partial charge is 0.468 e. The number of sulfonamides is 1. The van der Waals surface area contributed by atoms with E-state index < -0.39 is 15.9 Å². The highest BCUT2D eigenvalue weighted by atomic mass is 32.2. The first-order valence-electron chi connectivity index (χ1n) is 9.55. The van der Waals surface area contributed by atoms with Gasteiger partial charge >= 0.3 is 0 Å². The average Bonchev–Trinajstić information content (AvgIpc) is 3.26. The van der Waals surface area contributed by atoms with Gasteiger partial charge in [-0.05, 0) is 42.0 Å². The molecule has 0 atom stereocenters. The van der Waals surface area contributed by atoms with Crippen molar-refractivity contribution in [1.82, 2.24) is 9.62 Å². The van der Waals surface area contributed by atoms with Gasteiger partial charge in [0.2, 0.25) is 21.8 Å². The van der Waals surface area contributed by atoms with Crippen LogP contribution in [0.5, 0.6) is 0 Å². The summed E-state index contributed by atoms with van der Waals surface area (Å²) in [7, 11) is -4.00. The number of hydrogen-bond acceptors (Lipinski definition) is 5. The second-order valence-electron chi connectivity index (χ2n) is 6.82. The maximum atomic E-state index is 13.2. The van der Waals surface area contributed by atoms with Gasteiger partial charge in [0.15, 0.2) is 0 Å². The fourth-order valence-electron chi connectivity index (χ4n) is 2.88. The third-order valence-corrected chi connectivity index (χ3v) is 6.18. The summed E-state index contributed by atoms with van der Waals surface area (Å²) >= 11 is 0. The third kappa shape index (κ3) is 6.27. The Morgan fingerprint density at radius 1 is 0.968 bits per heavy atom. The fraction of sp³-hybridized carbons (Fsp3) is 0.182. The quantitative estimate of drug-likeness (QED) is 0.531. The Labute approximate surface area is 180 Å². The standard InChI is InChI=1S/C22H23N3O5S/c1-17(26)24-19-9-11-21(12-10-19)31(28,29)25(15-20-8-5-13-30-20)16-22(27)23-14-18-6-3-2-4-7-18/h2-13H,14-16H2,1H3,(H,23,27)(H,24,26). The Morgan fingerprint density at radius 3 is 2.29 bits per heavy atom. The molecule has 0 saturated heterocycles. The van der Waals surface area contributed by atoms with Crippen molar-refractivity contribution in [2.45, 2.75) is 24.9 Å². The van der Waals surface area contributed by atoms with Gasteiger partial charge in [-0.1, -0.05) is 30.3 Å². The van der Waals surface area contributed by atoms with E-state index in [1.54, 1.807) is 12.1 Å². The van der Waals surface area contributed by atoms with E-state index in [2.05, 4.69) is 10.6 Å². The van der Waals surface area contributed by atoms with Crippen molar-refractivity contribution in [1.29, 1.82) is 0 Å². The van der Waals surface area contributed by atoms with E-state index in [0.717, 1.165) is 9.87 Å². The number of amides is 2. The Morgan fingerprint density at radius 2 is 1.68 bits per heavy atom. The first-order valence-corrected chi connectivity index (χ1v) is 11.0. The highest BCUT2D eigenvalue weighted by Gasteiger charge is 2.27. The topological polar surface area (TPSA) is 109 Å². The molecule has 8 nitrogen and oxygen atoms in total. The number of benzene rings is 2. The summed E-state index contributed by atoms with van der Waals surface area (Å²) in [5, 5.41) is 5.33. The molecule has 1 heterocycles. The molecular weight excluding hydrogens is 418 g/mol. The number of nitrogens with one attached hydrogen (secondary N) is 2. The molecule has 2 aromatic carbocycles. The molecule has 0 radical (unpaired) electrons. The summed E-state index contributed by atoms with van der Waals surface area (Å²) in [6.07, 6.45) is 1.44. The lowest BCUT2D eigenvalue weighted by Gasteiger charge is -2.21.